The van der Waals surface area contributed by atoms with Gasteiger partial charge < -0.3 is 15.0 Å². The van der Waals surface area contributed by atoms with Crippen LogP contribution in [0, 0.1) is 0 Å². The van der Waals surface area contributed by atoms with E-state index in [1.54, 1.807) is 0 Å². The molecular weight excluding hydrogens is 278 g/mol. The van der Waals surface area contributed by atoms with Crippen LogP contribution in [0.4, 0.5) is 5.69 Å². The topological polar surface area (TPSA) is 44.8 Å². The van der Waals surface area contributed by atoms with E-state index in [1.165, 1.54) is 0 Å². The van der Waals surface area contributed by atoms with Gasteiger partial charge in [-0.25, -0.2) is 0 Å². The molecule has 2 rings (SSSR count). The minimum Gasteiger partial charge on any atom is -0.378 e. The highest BCUT2D eigenvalue weighted by atomic mass is 16.5. The van der Waals surface area contributed by atoms with E-state index in [2.05, 4.69) is 39.4 Å². The summed E-state index contributed by atoms with van der Waals surface area (Å²) in [5.74, 6) is 0.0676. The summed E-state index contributed by atoms with van der Waals surface area (Å²) in [6, 6.07) is 8.22. The first-order valence-electron chi connectivity index (χ1n) is 7.85. The van der Waals surface area contributed by atoms with Crippen LogP contribution in [0.3, 0.4) is 0 Å². The number of carbonyl (C=O) groups is 1. The Labute approximate surface area is 133 Å². The molecule has 2 atom stereocenters. The third-order valence-corrected chi connectivity index (χ3v) is 3.80. The summed E-state index contributed by atoms with van der Waals surface area (Å²) in [5.41, 5.74) is 2.27. The fourth-order valence-corrected chi connectivity index (χ4v) is 2.79. The Morgan fingerprint density at radius 1 is 1.23 bits per heavy atom. The lowest BCUT2D eigenvalue weighted by molar-refractivity contribution is -0.126. The molecule has 1 heterocycles. The first kappa shape index (κ1) is 16.8. The van der Waals surface area contributed by atoms with Crippen LogP contribution in [0.25, 0.3) is 0 Å². The Balaban J connectivity index is 1.77. The van der Waals surface area contributed by atoms with Crippen LogP contribution in [-0.2, 0) is 16.1 Å². The molecule has 0 saturated carbocycles. The van der Waals surface area contributed by atoms with Gasteiger partial charge in [-0.15, -0.1) is 0 Å². The minimum atomic E-state index is 0.0676. The van der Waals surface area contributed by atoms with E-state index in [4.69, 9.17) is 4.74 Å². The SMILES string of the molecule is CC1CN(CC(=O)NCc2ccc(N(C)C)cc2)CC(C)O1. The molecular formula is C17H27N3O2. The Hall–Kier alpha value is -1.59. The van der Waals surface area contributed by atoms with E-state index < -0.39 is 0 Å². The number of carbonyl (C=O) groups excluding carboxylic acids is 1. The summed E-state index contributed by atoms with van der Waals surface area (Å²) in [6.07, 6.45) is 0.380. The van der Waals surface area contributed by atoms with Crippen molar-refractivity contribution in [2.24, 2.45) is 0 Å². The van der Waals surface area contributed by atoms with Gasteiger partial charge in [0, 0.05) is 39.4 Å². The zero-order valence-electron chi connectivity index (χ0n) is 14.0. The summed E-state index contributed by atoms with van der Waals surface area (Å²) >= 11 is 0. The van der Waals surface area contributed by atoms with Crippen molar-refractivity contribution in [1.29, 1.82) is 0 Å². The van der Waals surface area contributed by atoms with Crippen LogP contribution >= 0.6 is 0 Å². The molecule has 2 unspecified atom stereocenters. The van der Waals surface area contributed by atoms with Gasteiger partial charge in [-0.1, -0.05) is 12.1 Å². The van der Waals surface area contributed by atoms with Gasteiger partial charge in [0.25, 0.3) is 0 Å². The molecule has 1 amide bonds. The number of rotatable bonds is 5. The normalized spacial score (nSPS) is 22.4. The lowest BCUT2D eigenvalue weighted by Crippen LogP contribution is -2.49. The monoisotopic (exact) mass is 305 g/mol. The second-order valence-electron chi connectivity index (χ2n) is 6.29. The van der Waals surface area contributed by atoms with Crippen molar-refractivity contribution in [2.75, 3.05) is 38.6 Å². The number of morpholine rings is 1. The summed E-state index contributed by atoms with van der Waals surface area (Å²) in [7, 11) is 4.03. The largest absolute Gasteiger partial charge is 0.378 e. The number of ether oxygens (including phenoxy) is 1. The van der Waals surface area contributed by atoms with Crippen LogP contribution in [0.15, 0.2) is 24.3 Å². The van der Waals surface area contributed by atoms with Gasteiger partial charge >= 0.3 is 0 Å². The van der Waals surface area contributed by atoms with Gasteiger partial charge in [-0.3, -0.25) is 9.69 Å². The minimum absolute atomic E-state index is 0.0676. The highest BCUT2D eigenvalue weighted by Gasteiger charge is 2.23. The maximum atomic E-state index is 12.1. The molecule has 1 aliphatic heterocycles. The lowest BCUT2D eigenvalue weighted by atomic mass is 10.2. The molecule has 1 aliphatic rings. The van der Waals surface area contributed by atoms with Gasteiger partial charge in [-0.05, 0) is 31.5 Å². The molecule has 1 aromatic carbocycles. The Kier molecular flexibility index (Phi) is 5.80. The van der Waals surface area contributed by atoms with E-state index in [0.29, 0.717) is 13.1 Å². The second-order valence-corrected chi connectivity index (χ2v) is 6.29. The molecule has 0 aromatic heterocycles. The van der Waals surface area contributed by atoms with Gasteiger partial charge in [0.15, 0.2) is 0 Å². The molecule has 1 aromatic rings. The quantitative estimate of drug-likeness (QED) is 0.895. The number of hydrogen-bond acceptors (Lipinski definition) is 4. The van der Waals surface area contributed by atoms with Crippen LogP contribution in [-0.4, -0.2) is 56.7 Å². The molecule has 5 nitrogen and oxygen atoms in total. The molecule has 0 aliphatic carbocycles. The van der Waals surface area contributed by atoms with Gasteiger partial charge in [0.1, 0.15) is 0 Å². The molecule has 5 heteroatoms. The summed E-state index contributed by atoms with van der Waals surface area (Å²) in [4.78, 5) is 16.3. The highest BCUT2D eigenvalue weighted by Crippen LogP contribution is 2.12. The Morgan fingerprint density at radius 2 is 1.82 bits per heavy atom. The highest BCUT2D eigenvalue weighted by molar-refractivity contribution is 5.78. The number of amides is 1. The van der Waals surface area contributed by atoms with E-state index in [0.717, 1.165) is 24.3 Å². The van der Waals surface area contributed by atoms with Crippen molar-refractivity contribution >= 4 is 11.6 Å². The van der Waals surface area contributed by atoms with Gasteiger partial charge in [0.05, 0.1) is 18.8 Å². The van der Waals surface area contributed by atoms with Gasteiger partial charge in [-0.2, -0.15) is 0 Å². The van der Waals surface area contributed by atoms with Crippen LogP contribution in [0.1, 0.15) is 19.4 Å². The van der Waals surface area contributed by atoms with E-state index in [9.17, 15) is 4.79 Å². The fraction of sp³-hybridized carbons (Fsp3) is 0.588. The molecule has 22 heavy (non-hydrogen) atoms. The maximum Gasteiger partial charge on any atom is 0.234 e. The van der Waals surface area contributed by atoms with Crippen LogP contribution in [0.2, 0.25) is 0 Å². The molecule has 1 saturated heterocycles. The van der Waals surface area contributed by atoms with Crippen molar-refractivity contribution in [1.82, 2.24) is 10.2 Å². The van der Waals surface area contributed by atoms with Gasteiger partial charge in [0.2, 0.25) is 5.91 Å². The van der Waals surface area contributed by atoms with Crippen molar-refractivity contribution in [3.8, 4) is 0 Å². The maximum absolute atomic E-state index is 12.1. The Bertz CT molecular complexity index is 477. The molecule has 1 N–H and O–H groups in total. The molecule has 0 spiro atoms. The molecule has 122 valence electrons. The zero-order valence-corrected chi connectivity index (χ0v) is 14.0. The molecule has 0 bridgehead atoms. The third kappa shape index (κ3) is 5.00. The Morgan fingerprint density at radius 3 is 2.36 bits per heavy atom. The summed E-state index contributed by atoms with van der Waals surface area (Å²) in [5, 5.41) is 2.99. The van der Waals surface area contributed by atoms with Crippen molar-refractivity contribution in [3.63, 3.8) is 0 Å². The average molecular weight is 305 g/mol. The smallest absolute Gasteiger partial charge is 0.234 e. The number of benzene rings is 1. The average Bonchev–Trinajstić information content (AvgIpc) is 2.44. The fourth-order valence-electron chi connectivity index (χ4n) is 2.79. The van der Waals surface area contributed by atoms with Crippen molar-refractivity contribution in [2.45, 2.75) is 32.6 Å². The predicted octanol–water partition coefficient (Wildman–Crippen LogP) is 1.48. The van der Waals surface area contributed by atoms with Crippen LogP contribution < -0.4 is 10.2 Å². The second kappa shape index (κ2) is 7.61. The van der Waals surface area contributed by atoms with Crippen molar-refractivity contribution in [3.05, 3.63) is 29.8 Å². The van der Waals surface area contributed by atoms with E-state index >= 15 is 0 Å². The zero-order chi connectivity index (χ0) is 16.1. The number of nitrogens with one attached hydrogen (secondary N) is 1. The predicted molar refractivity (Wildman–Crippen MR) is 89.1 cm³/mol. The third-order valence-electron chi connectivity index (χ3n) is 3.80. The van der Waals surface area contributed by atoms with Crippen molar-refractivity contribution < 1.29 is 9.53 Å². The number of anilines is 1. The molecule has 1 fully saturated rings. The number of nitrogens with zero attached hydrogens (tertiary/aromatic N) is 2. The first-order chi connectivity index (χ1) is 10.4. The summed E-state index contributed by atoms with van der Waals surface area (Å²) < 4.78 is 5.68. The van der Waals surface area contributed by atoms with E-state index in [1.807, 2.05) is 27.9 Å². The van der Waals surface area contributed by atoms with E-state index in [-0.39, 0.29) is 18.1 Å². The standard InChI is InChI=1S/C17H27N3O2/c1-13-10-20(11-14(2)22-13)12-17(21)18-9-15-5-7-16(8-6-15)19(3)4/h5-8,13-14H,9-12H2,1-4H3,(H,18,21). The van der Waals surface area contributed by atoms with Crippen LogP contribution in [0.5, 0.6) is 0 Å². The lowest BCUT2D eigenvalue weighted by Gasteiger charge is -2.34. The number of hydrogen-bond donors (Lipinski definition) is 1. The molecule has 0 radical (unpaired) electrons. The first-order valence-corrected chi connectivity index (χ1v) is 7.85. The summed E-state index contributed by atoms with van der Waals surface area (Å²) in [6.45, 7) is 6.74.